The quantitative estimate of drug-likeness (QED) is 0.0432. The minimum Gasteiger partial charge on any atom is -0.480 e. The highest BCUT2D eigenvalue weighted by Gasteiger charge is 2.36. The zero-order valence-electron chi connectivity index (χ0n) is 37.7. The van der Waals surface area contributed by atoms with Crippen LogP contribution >= 0.6 is 22.6 Å². The van der Waals surface area contributed by atoms with Crippen LogP contribution in [0.2, 0.25) is 0 Å². The summed E-state index contributed by atoms with van der Waals surface area (Å²) in [7, 11) is 0. The average Bonchev–Trinajstić information content (AvgIpc) is 3.17. The van der Waals surface area contributed by atoms with Gasteiger partial charge in [0, 0.05) is 36.1 Å². The van der Waals surface area contributed by atoms with Gasteiger partial charge in [-0.1, -0.05) is 73.7 Å². The molecule has 0 aromatic heterocycles. The number of nitrogens with one attached hydrogen (secondary N) is 2. The number of carbonyl (C=O) groups is 6. The van der Waals surface area contributed by atoms with Crippen LogP contribution in [0.15, 0.2) is 66.7 Å². The summed E-state index contributed by atoms with van der Waals surface area (Å²) in [5.41, 5.74) is 0.365. The van der Waals surface area contributed by atoms with Gasteiger partial charge in [-0.15, -0.1) is 0 Å². The molecular formula is C47H61F4IN4O8. The number of ether oxygens (including phenoxy) is 1. The Morgan fingerprint density at radius 2 is 1.12 bits per heavy atom. The van der Waals surface area contributed by atoms with Crippen LogP contribution in [-0.2, 0) is 52.8 Å². The van der Waals surface area contributed by atoms with E-state index in [4.69, 9.17) is 4.74 Å². The van der Waals surface area contributed by atoms with Gasteiger partial charge in [-0.05, 0) is 101 Å². The lowest BCUT2D eigenvalue weighted by molar-refractivity contribution is -0.166. The van der Waals surface area contributed by atoms with E-state index < -0.39 is 88.6 Å². The van der Waals surface area contributed by atoms with Crippen LogP contribution in [-0.4, -0.2) is 97.8 Å². The molecule has 0 saturated heterocycles. The number of halogens is 5. The van der Waals surface area contributed by atoms with Crippen molar-refractivity contribution in [3.05, 3.63) is 107 Å². The molecule has 0 saturated carbocycles. The van der Waals surface area contributed by atoms with Gasteiger partial charge >= 0.3 is 11.9 Å². The number of nitrogens with zero attached hydrogens (tertiary/aromatic N) is 2. The van der Waals surface area contributed by atoms with E-state index in [9.17, 15) is 51.4 Å². The minimum atomic E-state index is -1.14. The summed E-state index contributed by atoms with van der Waals surface area (Å²) < 4.78 is 59.8. The van der Waals surface area contributed by atoms with Crippen molar-refractivity contribution in [1.82, 2.24) is 20.4 Å². The van der Waals surface area contributed by atoms with Crippen molar-refractivity contribution in [3.63, 3.8) is 0 Å². The van der Waals surface area contributed by atoms with Crippen molar-refractivity contribution in [3.8, 4) is 0 Å². The molecule has 0 bridgehead atoms. The van der Waals surface area contributed by atoms with E-state index in [1.165, 1.54) is 23.6 Å². The number of amides is 4. The third-order valence-corrected chi connectivity index (χ3v) is 10.1. The summed E-state index contributed by atoms with van der Waals surface area (Å²) >= 11 is 2.20. The first kappa shape index (κ1) is 55.1. The van der Waals surface area contributed by atoms with Crippen molar-refractivity contribution >= 4 is 58.2 Å². The normalized spacial score (nSPS) is 13.0. The molecule has 352 valence electrons. The first-order chi connectivity index (χ1) is 29.9. The highest BCUT2D eigenvalue weighted by Crippen LogP contribution is 2.20. The van der Waals surface area contributed by atoms with Crippen molar-refractivity contribution in [2.45, 2.75) is 124 Å². The number of rotatable bonds is 21. The van der Waals surface area contributed by atoms with Crippen molar-refractivity contribution in [2.75, 3.05) is 17.5 Å². The molecule has 3 rings (SSSR count). The van der Waals surface area contributed by atoms with Gasteiger partial charge in [0.25, 0.3) is 0 Å². The molecule has 4 atom stereocenters. The lowest BCUT2D eigenvalue weighted by Gasteiger charge is -2.35. The number of hydrogen-bond acceptors (Lipinski definition) is 7. The summed E-state index contributed by atoms with van der Waals surface area (Å²) in [6, 6.07) is 10.8. The molecule has 64 heavy (non-hydrogen) atoms. The molecule has 0 spiro atoms. The second-order valence-electron chi connectivity index (χ2n) is 16.8. The number of aliphatic carboxylic acids is 1. The number of esters is 1. The van der Waals surface area contributed by atoms with Gasteiger partial charge < -0.3 is 30.3 Å². The summed E-state index contributed by atoms with van der Waals surface area (Å²) in [4.78, 5) is 78.7. The Kier molecular flexibility index (Phi) is 22.9. The van der Waals surface area contributed by atoms with Crippen molar-refractivity contribution < 1.29 is 56.2 Å². The van der Waals surface area contributed by atoms with Crippen LogP contribution in [0, 0.1) is 29.2 Å². The Hall–Kier alpha value is -5.07. The van der Waals surface area contributed by atoms with Crippen LogP contribution in [0.3, 0.4) is 0 Å². The Balaban J connectivity index is 0.000000441. The van der Waals surface area contributed by atoms with Gasteiger partial charge in [0.2, 0.25) is 23.6 Å². The highest BCUT2D eigenvalue weighted by molar-refractivity contribution is 14.1. The predicted molar refractivity (Wildman–Crippen MR) is 243 cm³/mol. The molecule has 4 unspecified atom stereocenters. The topological polar surface area (TPSA) is 162 Å². The van der Waals surface area contributed by atoms with Crippen LogP contribution in [0.25, 0.3) is 0 Å². The third kappa shape index (κ3) is 19.8. The Labute approximate surface area is 387 Å². The molecule has 3 N–H and O–H groups in total. The van der Waals surface area contributed by atoms with Gasteiger partial charge in [-0.25, -0.2) is 27.2 Å². The molecule has 0 aliphatic carbocycles. The van der Waals surface area contributed by atoms with E-state index in [1.54, 1.807) is 45.0 Å². The second kappa shape index (κ2) is 26.7. The van der Waals surface area contributed by atoms with Gasteiger partial charge in [-0.2, -0.15) is 0 Å². The lowest BCUT2D eigenvalue weighted by Crippen LogP contribution is -2.54. The minimum absolute atomic E-state index is 0.130. The number of benzene rings is 3. The molecule has 4 amide bonds. The molecule has 0 heterocycles. The third-order valence-electron chi connectivity index (χ3n) is 9.32. The summed E-state index contributed by atoms with van der Waals surface area (Å²) in [6.45, 7) is 14.6. The van der Waals surface area contributed by atoms with Crippen LogP contribution in [0.4, 0.5) is 17.6 Å². The van der Waals surface area contributed by atoms with Gasteiger partial charge in [0.1, 0.15) is 53.0 Å². The average molecular weight is 1010 g/mol. The zero-order chi connectivity index (χ0) is 48.3. The van der Waals surface area contributed by atoms with Crippen molar-refractivity contribution in [2.24, 2.45) is 5.92 Å². The fourth-order valence-electron chi connectivity index (χ4n) is 6.65. The molecular weight excluding hydrogens is 951 g/mol. The van der Waals surface area contributed by atoms with Gasteiger partial charge in [0.15, 0.2) is 0 Å². The molecule has 0 radical (unpaired) electrons. The fourth-order valence-corrected chi connectivity index (χ4v) is 6.99. The molecule has 17 heteroatoms. The number of carbonyl (C=O) groups excluding carboxylic acids is 5. The number of carboxylic acids is 1. The SMILES string of the molecule is CC(C)CC(C(=O)OC(C)(C)C)N(CCCI)C(=O)C(C)NC(=O)Cc1cc(F)cc(F)c1.CCCN(C(=O)C(C)NC(=O)Cc1cc(F)cc(F)c1)C(Cc1ccccc1)C(=O)O. The Morgan fingerprint density at radius 3 is 1.50 bits per heavy atom. The molecule has 3 aromatic carbocycles. The van der Waals surface area contributed by atoms with Crippen molar-refractivity contribution in [1.29, 1.82) is 0 Å². The first-order valence-corrected chi connectivity index (χ1v) is 22.6. The lowest BCUT2D eigenvalue weighted by atomic mass is 10.0. The zero-order valence-corrected chi connectivity index (χ0v) is 39.8. The molecule has 3 aromatic rings. The summed E-state index contributed by atoms with van der Waals surface area (Å²) in [5, 5.41) is 14.8. The number of alkyl halides is 1. The Bertz CT molecular complexity index is 1990. The van der Waals surface area contributed by atoms with E-state index >= 15 is 0 Å². The molecule has 0 fully saturated rings. The summed E-state index contributed by atoms with van der Waals surface area (Å²) in [5.74, 6) is -6.74. The molecule has 0 aliphatic heterocycles. The van der Waals surface area contributed by atoms with E-state index in [0.29, 0.717) is 31.9 Å². The van der Waals surface area contributed by atoms with Gasteiger partial charge in [-0.3, -0.25) is 19.2 Å². The van der Waals surface area contributed by atoms with Gasteiger partial charge in [0.05, 0.1) is 12.8 Å². The first-order valence-electron chi connectivity index (χ1n) is 21.1. The maximum atomic E-state index is 13.4. The van der Waals surface area contributed by atoms with Crippen LogP contribution in [0.1, 0.15) is 91.3 Å². The largest absolute Gasteiger partial charge is 0.480 e. The maximum Gasteiger partial charge on any atom is 0.329 e. The summed E-state index contributed by atoms with van der Waals surface area (Å²) in [6.07, 6.45) is 1.17. The predicted octanol–water partition coefficient (Wildman–Crippen LogP) is 7.37. The van der Waals surface area contributed by atoms with E-state index in [0.717, 1.165) is 40.3 Å². The molecule has 0 aliphatic rings. The number of hydrogen-bond donors (Lipinski definition) is 3. The fraction of sp³-hybridized carbons (Fsp3) is 0.489. The smallest absolute Gasteiger partial charge is 0.329 e. The number of carboxylic acid groups (broad SMARTS) is 1. The second-order valence-corrected chi connectivity index (χ2v) is 17.9. The Morgan fingerprint density at radius 1 is 0.688 bits per heavy atom. The van der Waals surface area contributed by atoms with E-state index in [-0.39, 0.29) is 42.9 Å². The molecule has 12 nitrogen and oxygen atoms in total. The maximum absolute atomic E-state index is 13.4. The van der Waals surface area contributed by atoms with Crippen LogP contribution < -0.4 is 10.6 Å². The highest BCUT2D eigenvalue weighted by atomic mass is 127. The van der Waals surface area contributed by atoms with E-state index in [2.05, 4.69) is 33.2 Å². The monoisotopic (exact) mass is 1010 g/mol. The standard InChI is InChI=1S/C24H35F2IN2O4.C23H26F2N2O4/c1-15(2)10-20(23(32)33-24(4,5)6)29(9-7-8-27)22(31)16(3)28-21(30)13-17-11-18(25)14-19(26)12-17;1-3-9-27(20(23(30)31)12-16-7-5-4-6-8-16)22(29)15(2)26-21(28)13-17-10-18(24)14-19(25)11-17/h11-12,14-16,20H,7-10,13H2,1-6H3,(H,28,30);4-8,10-11,14-15,20H,3,9,12-13H2,1-2H3,(H,26,28)(H,30,31). The van der Waals surface area contributed by atoms with Crippen LogP contribution in [0.5, 0.6) is 0 Å². The van der Waals surface area contributed by atoms with E-state index in [1.807, 2.05) is 26.8 Å².